The molecule has 0 saturated carbocycles. The van der Waals surface area contributed by atoms with Crippen molar-refractivity contribution in [2.45, 2.75) is 51.3 Å². The van der Waals surface area contributed by atoms with Crippen LogP contribution in [0.5, 0.6) is 0 Å². The van der Waals surface area contributed by atoms with Crippen molar-refractivity contribution in [2.75, 3.05) is 39.3 Å². The SMILES string of the molecule is CC1CCN(CCCNC(=O)c2ccc(S(=O)(=O)N3C[C@H](C)C[C@@H](C)C3)cc2)CC1. The van der Waals surface area contributed by atoms with Crippen LogP contribution in [0, 0.1) is 17.8 Å². The van der Waals surface area contributed by atoms with Crippen molar-refractivity contribution in [1.29, 1.82) is 0 Å². The number of sulfonamides is 1. The smallest absolute Gasteiger partial charge is 0.251 e. The summed E-state index contributed by atoms with van der Waals surface area (Å²) in [5.74, 6) is 1.41. The van der Waals surface area contributed by atoms with Crippen molar-refractivity contribution in [3.63, 3.8) is 0 Å². The molecule has 1 aromatic carbocycles. The van der Waals surface area contributed by atoms with Gasteiger partial charge < -0.3 is 10.2 Å². The molecule has 7 heteroatoms. The maximum absolute atomic E-state index is 13.0. The Morgan fingerprint density at radius 1 is 1.00 bits per heavy atom. The monoisotopic (exact) mass is 435 g/mol. The van der Waals surface area contributed by atoms with Gasteiger partial charge in [0.2, 0.25) is 10.0 Å². The number of carbonyl (C=O) groups is 1. The highest BCUT2D eigenvalue weighted by Gasteiger charge is 2.31. The molecule has 0 aromatic heterocycles. The van der Waals surface area contributed by atoms with Crippen LogP contribution in [0.1, 0.15) is 56.8 Å². The Labute approximate surface area is 182 Å². The second-order valence-electron chi connectivity index (χ2n) is 9.43. The van der Waals surface area contributed by atoms with E-state index in [2.05, 4.69) is 31.0 Å². The molecule has 3 rings (SSSR count). The molecule has 0 spiro atoms. The molecule has 2 atom stereocenters. The van der Waals surface area contributed by atoms with Gasteiger partial charge in [-0.2, -0.15) is 4.31 Å². The number of amides is 1. The number of carbonyl (C=O) groups excluding carboxylic acids is 1. The summed E-state index contributed by atoms with van der Waals surface area (Å²) in [6.07, 6.45) is 4.51. The number of hydrogen-bond donors (Lipinski definition) is 1. The first-order chi connectivity index (χ1) is 14.3. The van der Waals surface area contributed by atoms with Gasteiger partial charge >= 0.3 is 0 Å². The zero-order chi connectivity index (χ0) is 21.7. The molecule has 168 valence electrons. The van der Waals surface area contributed by atoms with E-state index in [1.807, 2.05) is 0 Å². The molecule has 1 amide bonds. The van der Waals surface area contributed by atoms with Gasteiger partial charge in [-0.05, 0) is 87.3 Å². The Morgan fingerprint density at radius 3 is 2.20 bits per heavy atom. The fourth-order valence-electron chi connectivity index (χ4n) is 4.62. The summed E-state index contributed by atoms with van der Waals surface area (Å²) in [5, 5.41) is 2.96. The van der Waals surface area contributed by atoms with Crippen LogP contribution >= 0.6 is 0 Å². The molecule has 1 aromatic rings. The van der Waals surface area contributed by atoms with Crippen molar-refractivity contribution >= 4 is 15.9 Å². The molecule has 2 aliphatic rings. The highest BCUT2D eigenvalue weighted by molar-refractivity contribution is 7.89. The summed E-state index contributed by atoms with van der Waals surface area (Å²) in [5.41, 5.74) is 0.501. The van der Waals surface area contributed by atoms with Gasteiger partial charge in [-0.15, -0.1) is 0 Å². The first-order valence-electron chi connectivity index (χ1n) is 11.4. The lowest BCUT2D eigenvalue weighted by atomic mass is 9.94. The van der Waals surface area contributed by atoms with Gasteiger partial charge in [0.05, 0.1) is 4.90 Å². The van der Waals surface area contributed by atoms with E-state index in [1.165, 1.54) is 12.8 Å². The van der Waals surface area contributed by atoms with E-state index in [0.29, 0.717) is 37.0 Å². The van der Waals surface area contributed by atoms with Gasteiger partial charge in [-0.1, -0.05) is 20.8 Å². The van der Waals surface area contributed by atoms with E-state index in [9.17, 15) is 13.2 Å². The minimum Gasteiger partial charge on any atom is -0.352 e. The number of piperidine rings is 2. The highest BCUT2D eigenvalue weighted by atomic mass is 32.2. The summed E-state index contributed by atoms with van der Waals surface area (Å²) >= 11 is 0. The maximum atomic E-state index is 13.0. The average molecular weight is 436 g/mol. The summed E-state index contributed by atoms with van der Waals surface area (Å²) in [4.78, 5) is 15.1. The van der Waals surface area contributed by atoms with Crippen molar-refractivity contribution in [3.8, 4) is 0 Å². The van der Waals surface area contributed by atoms with Crippen LogP contribution < -0.4 is 5.32 Å². The van der Waals surface area contributed by atoms with Gasteiger partial charge in [-0.25, -0.2) is 8.42 Å². The molecule has 2 saturated heterocycles. The third kappa shape index (κ3) is 6.05. The van der Waals surface area contributed by atoms with E-state index >= 15 is 0 Å². The molecule has 2 aliphatic heterocycles. The van der Waals surface area contributed by atoms with Crippen LogP contribution in [0.2, 0.25) is 0 Å². The largest absolute Gasteiger partial charge is 0.352 e. The zero-order valence-corrected chi connectivity index (χ0v) is 19.5. The molecule has 6 nitrogen and oxygen atoms in total. The number of nitrogens with one attached hydrogen (secondary N) is 1. The Kier molecular flexibility index (Phi) is 7.93. The van der Waals surface area contributed by atoms with Crippen LogP contribution in [-0.2, 0) is 10.0 Å². The quantitative estimate of drug-likeness (QED) is 0.668. The number of nitrogens with zero attached hydrogens (tertiary/aromatic N) is 2. The third-order valence-corrected chi connectivity index (χ3v) is 8.25. The summed E-state index contributed by atoms with van der Waals surface area (Å²) in [6.45, 7) is 11.6. The molecular weight excluding hydrogens is 398 g/mol. The number of benzene rings is 1. The van der Waals surface area contributed by atoms with Gasteiger partial charge in [0.25, 0.3) is 5.91 Å². The number of hydrogen-bond acceptors (Lipinski definition) is 4. The molecule has 0 unspecified atom stereocenters. The van der Waals surface area contributed by atoms with Crippen molar-refractivity contribution in [3.05, 3.63) is 29.8 Å². The lowest BCUT2D eigenvalue weighted by Gasteiger charge is -2.34. The average Bonchev–Trinajstić information content (AvgIpc) is 2.71. The van der Waals surface area contributed by atoms with Crippen LogP contribution in [0.3, 0.4) is 0 Å². The Hall–Kier alpha value is -1.44. The third-order valence-electron chi connectivity index (χ3n) is 6.40. The molecule has 0 aliphatic carbocycles. The van der Waals surface area contributed by atoms with E-state index in [0.717, 1.165) is 38.4 Å². The predicted octanol–water partition coefficient (Wildman–Crippen LogP) is 3.21. The topological polar surface area (TPSA) is 69.7 Å². The van der Waals surface area contributed by atoms with Gasteiger partial charge in [0.1, 0.15) is 0 Å². The summed E-state index contributed by atoms with van der Waals surface area (Å²) < 4.78 is 27.5. The second-order valence-corrected chi connectivity index (χ2v) is 11.4. The first kappa shape index (κ1) is 23.2. The zero-order valence-electron chi connectivity index (χ0n) is 18.6. The van der Waals surface area contributed by atoms with Gasteiger partial charge in [-0.3, -0.25) is 4.79 Å². The molecule has 0 radical (unpaired) electrons. The lowest BCUT2D eigenvalue weighted by molar-refractivity contribution is 0.0950. The van der Waals surface area contributed by atoms with Crippen LogP contribution in [0.4, 0.5) is 0 Å². The summed E-state index contributed by atoms with van der Waals surface area (Å²) in [6, 6.07) is 6.35. The standard InChI is InChI=1S/C23H37N3O3S/c1-18-9-13-25(14-10-18)12-4-11-24-23(27)21-5-7-22(8-6-21)30(28,29)26-16-19(2)15-20(3)17-26/h5-8,18-20H,4,9-17H2,1-3H3,(H,24,27)/t19-,20-/m1/s1. The van der Waals surface area contributed by atoms with Gasteiger partial charge in [0, 0.05) is 25.2 Å². The van der Waals surface area contributed by atoms with E-state index in [4.69, 9.17) is 0 Å². The molecular formula is C23H37N3O3S. The summed E-state index contributed by atoms with van der Waals surface area (Å²) in [7, 11) is -3.51. The normalized spacial score (nSPS) is 24.6. The van der Waals surface area contributed by atoms with E-state index < -0.39 is 10.0 Å². The highest BCUT2D eigenvalue weighted by Crippen LogP contribution is 2.26. The fourth-order valence-corrected chi connectivity index (χ4v) is 6.30. The minimum absolute atomic E-state index is 0.147. The lowest BCUT2D eigenvalue weighted by Crippen LogP contribution is -2.42. The minimum atomic E-state index is -3.51. The Morgan fingerprint density at radius 2 is 1.60 bits per heavy atom. The first-order valence-corrected chi connectivity index (χ1v) is 12.8. The predicted molar refractivity (Wildman–Crippen MR) is 120 cm³/mol. The molecule has 2 heterocycles. The van der Waals surface area contributed by atoms with E-state index in [1.54, 1.807) is 28.6 Å². The van der Waals surface area contributed by atoms with Crippen LogP contribution in [-0.4, -0.2) is 62.8 Å². The fraction of sp³-hybridized carbons (Fsp3) is 0.696. The number of rotatable bonds is 7. The van der Waals surface area contributed by atoms with Crippen molar-refractivity contribution < 1.29 is 13.2 Å². The maximum Gasteiger partial charge on any atom is 0.251 e. The molecule has 0 bridgehead atoms. The van der Waals surface area contributed by atoms with Crippen LogP contribution in [0.25, 0.3) is 0 Å². The molecule has 2 fully saturated rings. The Balaban J connectivity index is 1.49. The van der Waals surface area contributed by atoms with E-state index in [-0.39, 0.29) is 10.8 Å². The van der Waals surface area contributed by atoms with Crippen LogP contribution in [0.15, 0.2) is 29.2 Å². The molecule has 1 N–H and O–H groups in total. The number of likely N-dealkylation sites (tertiary alicyclic amines) is 1. The van der Waals surface area contributed by atoms with Crippen molar-refractivity contribution in [1.82, 2.24) is 14.5 Å². The second kappa shape index (κ2) is 10.2. The van der Waals surface area contributed by atoms with Crippen molar-refractivity contribution in [2.24, 2.45) is 17.8 Å². The Bertz CT molecular complexity index is 791. The van der Waals surface area contributed by atoms with Gasteiger partial charge in [0.15, 0.2) is 0 Å². The molecule has 30 heavy (non-hydrogen) atoms.